The van der Waals surface area contributed by atoms with Crippen molar-refractivity contribution in [3.63, 3.8) is 0 Å². The van der Waals surface area contributed by atoms with Crippen LogP contribution in [0.25, 0.3) is 0 Å². The fourth-order valence-electron chi connectivity index (χ4n) is 2.89. The third-order valence-electron chi connectivity index (χ3n) is 3.65. The second-order valence-electron chi connectivity index (χ2n) is 5.91. The van der Waals surface area contributed by atoms with E-state index >= 15 is 0 Å². The van der Waals surface area contributed by atoms with Gasteiger partial charge in [0.2, 0.25) is 0 Å². The molecule has 1 aliphatic rings. The summed E-state index contributed by atoms with van der Waals surface area (Å²) in [6.07, 6.45) is 1.06. The summed E-state index contributed by atoms with van der Waals surface area (Å²) in [5, 5.41) is 0. The lowest BCUT2D eigenvalue weighted by Crippen LogP contribution is -2.53. The van der Waals surface area contributed by atoms with Crippen molar-refractivity contribution in [1.82, 2.24) is 5.43 Å². The number of hydrazine groups is 1. The number of hydrogen-bond donors (Lipinski definition) is 2. The zero-order valence-corrected chi connectivity index (χ0v) is 11.3. The maximum atomic E-state index is 6.08. The van der Waals surface area contributed by atoms with Crippen molar-refractivity contribution in [2.75, 3.05) is 7.11 Å². The average Bonchev–Trinajstić information content (AvgIpc) is 2.36. The first-order valence-corrected chi connectivity index (χ1v) is 5.92. The lowest BCUT2D eigenvalue weighted by atomic mass is 9.80. The van der Waals surface area contributed by atoms with Crippen molar-refractivity contribution in [2.45, 2.75) is 64.4 Å². The van der Waals surface area contributed by atoms with Crippen LogP contribution in [0.4, 0.5) is 0 Å². The van der Waals surface area contributed by atoms with Crippen molar-refractivity contribution in [3.8, 4) is 0 Å². The van der Waals surface area contributed by atoms with Gasteiger partial charge in [-0.05, 0) is 41.0 Å². The first-order chi connectivity index (χ1) is 7.23. The molecule has 1 heterocycles. The molecule has 0 radical (unpaired) electrons. The standard InChI is InChI=1S/C12H26N2O2/c1-8(15-6)10(14-13)9-7-11(2,3)16-12(9,4)5/h8-10,14H,7,13H2,1-6H3. The highest BCUT2D eigenvalue weighted by Gasteiger charge is 2.50. The van der Waals surface area contributed by atoms with Crippen molar-refractivity contribution in [3.05, 3.63) is 0 Å². The molecule has 3 N–H and O–H groups in total. The molecule has 1 aliphatic heterocycles. The molecule has 96 valence electrons. The molecule has 1 rings (SSSR count). The van der Waals surface area contributed by atoms with Crippen molar-refractivity contribution >= 4 is 0 Å². The highest BCUT2D eigenvalue weighted by molar-refractivity contribution is 5.00. The molecule has 0 bridgehead atoms. The molecule has 0 aliphatic carbocycles. The van der Waals surface area contributed by atoms with Crippen LogP contribution >= 0.6 is 0 Å². The summed E-state index contributed by atoms with van der Waals surface area (Å²) in [6.45, 7) is 10.5. The normalized spacial score (nSPS) is 31.3. The summed E-state index contributed by atoms with van der Waals surface area (Å²) in [5.41, 5.74) is 2.62. The average molecular weight is 230 g/mol. The van der Waals surface area contributed by atoms with Gasteiger partial charge in [0.1, 0.15) is 0 Å². The van der Waals surface area contributed by atoms with Gasteiger partial charge in [0.25, 0.3) is 0 Å². The molecule has 3 atom stereocenters. The Morgan fingerprint density at radius 2 is 1.94 bits per heavy atom. The van der Waals surface area contributed by atoms with Crippen LogP contribution in [0.1, 0.15) is 41.0 Å². The fraction of sp³-hybridized carbons (Fsp3) is 1.00. The Bertz CT molecular complexity index is 241. The molecule has 4 heteroatoms. The van der Waals surface area contributed by atoms with Gasteiger partial charge in [0, 0.05) is 13.0 Å². The van der Waals surface area contributed by atoms with E-state index in [9.17, 15) is 0 Å². The molecular weight excluding hydrogens is 204 g/mol. The molecule has 16 heavy (non-hydrogen) atoms. The van der Waals surface area contributed by atoms with Crippen LogP contribution in [0.2, 0.25) is 0 Å². The van der Waals surface area contributed by atoms with Crippen LogP contribution in [-0.4, -0.2) is 30.5 Å². The largest absolute Gasteiger partial charge is 0.380 e. The summed E-state index contributed by atoms with van der Waals surface area (Å²) in [7, 11) is 1.71. The second-order valence-corrected chi connectivity index (χ2v) is 5.91. The van der Waals surface area contributed by atoms with Crippen molar-refractivity contribution in [1.29, 1.82) is 0 Å². The van der Waals surface area contributed by atoms with E-state index in [-0.39, 0.29) is 23.3 Å². The Balaban J connectivity index is 2.85. The maximum absolute atomic E-state index is 6.08. The number of nitrogens with two attached hydrogens (primary N) is 1. The summed E-state index contributed by atoms with van der Waals surface area (Å²) >= 11 is 0. The SMILES string of the molecule is COC(C)C(NN)C1CC(C)(C)OC1(C)C. The van der Waals surface area contributed by atoms with Crippen LogP contribution in [0.15, 0.2) is 0 Å². The van der Waals surface area contributed by atoms with E-state index in [2.05, 4.69) is 33.1 Å². The van der Waals surface area contributed by atoms with E-state index < -0.39 is 0 Å². The summed E-state index contributed by atoms with van der Waals surface area (Å²) in [4.78, 5) is 0. The summed E-state index contributed by atoms with van der Waals surface area (Å²) in [6, 6.07) is 0.113. The molecule has 1 fully saturated rings. The molecule has 0 aromatic rings. The molecular formula is C12H26N2O2. The number of nitrogens with one attached hydrogen (secondary N) is 1. The van der Waals surface area contributed by atoms with Gasteiger partial charge in [-0.3, -0.25) is 11.3 Å². The van der Waals surface area contributed by atoms with Crippen LogP contribution in [-0.2, 0) is 9.47 Å². The van der Waals surface area contributed by atoms with Crippen LogP contribution < -0.4 is 11.3 Å². The highest BCUT2D eigenvalue weighted by Crippen LogP contribution is 2.44. The third kappa shape index (κ3) is 2.74. The summed E-state index contributed by atoms with van der Waals surface area (Å²) < 4.78 is 11.5. The first-order valence-electron chi connectivity index (χ1n) is 5.92. The molecule has 0 spiro atoms. The first kappa shape index (κ1) is 13.9. The minimum atomic E-state index is -0.173. The molecule has 0 aromatic carbocycles. The Morgan fingerprint density at radius 3 is 2.25 bits per heavy atom. The fourth-order valence-corrected chi connectivity index (χ4v) is 2.89. The molecule has 0 saturated carbocycles. The molecule has 0 amide bonds. The quantitative estimate of drug-likeness (QED) is 0.567. The third-order valence-corrected chi connectivity index (χ3v) is 3.65. The second kappa shape index (κ2) is 4.61. The van der Waals surface area contributed by atoms with E-state index in [1.807, 2.05) is 6.92 Å². The minimum Gasteiger partial charge on any atom is -0.380 e. The minimum absolute atomic E-state index is 0.0757. The van der Waals surface area contributed by atoms with Crippen LogP contribution in [0.5, 0.6) is 0 Å². The van der Waals surface area contributed by atoms with Gasteiger partial charge in [0.15, 0.2) is 0 Å². The predicted octanol–water partition coefficient (Wildman–Crippen LogP) is 1.45. The topological polar surface area (TPSA) is 56.5 Å². The Labute approximate surface area is 98.8 Å². The van der Waals surface area contributed by atoms with E-state index in [4.69, 9.17) is 15.3 Å². The van der Waals surface area contributed by atoms with Gasteiger partial charge in [-0.1, -0.05) is 0 Å². The van der Waals surface area contributed by atoms with E-state index in [1.165, 1.54) is 0 Å². The lowest BCUT2D eigenvalue weighted by Gasteiger charge is -2.35. The van der Waals surface area contributed by atoms with Gasteiger partial charge >= 0.3 is 0 Å². The van der Waals surface area contributed by atoms with Crippen molar-refractivity contribution in [2.24, 2.45) is 11.8 Å². The molecule has 0 aromatic heterocycles. The number of ether oxygens (including phenoxy) is 2. The Morgan fingerprint density at radius 1 is 1.38 bits per heavy atom. The van der Waals surface area contributed by atoms with E-state index in [1.54, 1.807) is 7.11 Å². The van der Waals surface area contributed by atoms with E-state index in [0.29, 0.717) is 5.92 Å². The Kier molecular flexibility index (Phi) is 4.00. The van der Waals surface area contributed by atoms with Gasteiger partial charge in [0.05, 0.1) is 23.3 Å². The van der Waals surface area contributed by atoms with Gasteiger partial charge in [-0.2, -0.15) is 0 Å². The Hall–Kier alpha value is -0.160. The van der Waals surface area contributed by atoms with Crippen LogP contribution in [0.3, 0.4) is 0 Å². The molecule has 4 nitrogen and oxygen atoms in total. The maximum Gasteiger partial charge on any atom is 0.0713 e. The smallest absolute Gasteiger partial charge is 0.0713 e. The predicted molar refractivity (Wildman–Crippen MR) is 64.9 cm³/mol. The molecule has 1 saturated heterocycles. The zero-order valence-electron chi connectivity index (χ0n) is 11.3. The van der Waals surface area contributed by atoms with Crippen LogP contribution in [0, 0.1) is 5.92 Å². The van der Waals surface area contributed by atoms with Gasteiger partial charge < -0.3 is 9.47 Å². The number of hydrogen-bond acceptors (Lipinski definition) is 4. The summed E-state index contributed by atoms with van der Waals surface area (Å²) in [5.74, 6) is 6.00. The number of methoxy groups -OCH3 is 1. The number of rotatable bonds is 4. The van der Waals surface area contributed by atoms with Gasteiger partial charge in [-0.25, -0.2) is 0 Å². The zero-order chi connectivity index (χ0) is 12.6. The highest BCUT2D eigenvalue weighted by atomic mass is 16.5. The monoisotopic (exact) mass is 230 g/mol. The van der Waals surface area contributed by atoms with Crippen molar-refractivity contribution < 1.29 is 9.47 Å². The van der Waals surface area contributed by atoms with E-state index in [0.717, 1.165) is 6.42 Å². The van der Waals surface area contributed by atoms with Gasteiger partial charge in [-0.15, -0.1) is 0 Å². The lowest BCUT2D eigenvalue weighted by molar-refractivity contribution is -0.0834. The molecule has 3 unspecified atom stereocenters.